The van der Waals surface area contributed by atoms with Crippen molar-refractivity contribution in [3.8, 4) is 0 Å². The number of halogens is 4. The highest BCUT2D eigenvalue weighted by Crippen LogP contribution is 2.34. The molecule has 0 radical (unpaired) electrons. The van der Waals surface area contributed by atoms with E-state index in [1.165, 1.54) is 30.0 Å². The minimum absolute atomic E-state index is 0.176. The second kappa shape index (κ2) is 7.03. The molecule has 144 valence electrons. The van der Waals surface area contributed by atoms with Crippen molar-refractivity contribution in [1.82, 2.24) is 5.32 Å². The van der Waals surface area contributed by atoms with Crippen LogP contribution >= 0.6 is 11.8 Å². The summed E-state index contributed by atoms with van der Waals surface area (Å²) in [6, 6.07) is 4.93. The Morgan fingerprint density at radius 3 is 2.63 bits per heavy atom. The number of nitrogens with zero attached hydrogens (tertiary/aromatic N) is 1. The number of nitrogens with two attached hydrogens (primary N) is 1. The van der Waals surface area contributed by atoms with E-state index in [0.717, 1.165) is 6.08 Å². The van der Waals surface area contributed by atoms with Gasteiger partial charge >= 0.3 is 6.18 Å². The van der Waals surface area contributed by atoms with Crippen molar-refractivity contribution in [3.63, 3.8) is 0 Å². The number of amides is 1. The molecule has 2 aliphatic rings. The number of hydrogen-bond acceptors (Lipinski definition) is 4. The maximum Gasteiger partial charge on any atom is 0.418 e. The third-order valence-corrected chi connectivity index (χ3v) is 5.62. The Morgan fingerprint density at radius 1 is 1.33 bits per heavy atom. The molecule has 0 fully saturated rings. The maximum absolute atomic E-state index is 13.0. The molecule has 1 aliphatic carbocycles. The van der Waals surface area contributed by atoms with Crippen LogP contribution in [0.4, 0.5) is 17.6 Å². The van der Waals surface area contributed by atoms with Gasteiger partial charge in [0.05, 0.1) is 16.7 Å². The second-order valence-corrected chi connectivity index (χ2v) is 7.50. The normalized spacial score (nSPS) is 25.5. The number of carbonyl (C=O) groups is 1. The molecule has 3 N–H and O–H groups in total. The van der Waals surface area contributed by atoms with Crippen molar-refractivity contribution in [2.45, 2.75) is 31.1 Å². The molecule has 27 heavy (non-hydrogen) atoms. The van der Waals surface area contributed by atoms with Gasteiger partial charge in [-0.15, -0.1) is 11.8 Å². The average molecular weight is 399 g/mol. The number of nitrogens with one attached hydrogen (secondary N) is 1. The van der Waals surface area contributed by atoms with Crippen LogP contribution in [0.2, 0.25) is 0 Å². The smallest absolute Gasteiger partial charge is 0.399 e. The fourth-order valence-corrected chi connectivity index (χ4v) is 3.95. The van der Waals surface area contributed by atoms with Crippen LogP contribution in [-0.4, -0.2) is 34.5 Å². The van der Waals surface area contributed by atoms with E-state index < -0.39 is 29.2 Å². The van der Waals surface area contributed by atoms with Gasteiger partial charge in [-0.3, -0.25) is 9.79 Å². The molecule has 3 rings (SSSR count). The number of benzene rings is 1. The van der Waals surface area contributed by atoms with Gasteiger partial charge in [0.15, 0.2) is 0 Å². The van der Waals surface area contributed by atoms with Crippen LogP contribution < -0.4 is 11.1 Å². The zero-order chi connectivity index (χ0) is 19.8. The maximum atomic E-state index is 13.0. The van der Waals surface area contributed by atoms with E-state index in [9.17, 15) is 22.4 Å². The number of rotatable bonds is 3. The van der Waals surface area contributed by atoms with Crippen LogP contribution in [0.25, 0.3) is 0 Å². The van der Waals surface area contributed by atoms with Crippen LogP contribution in [-0.2, 0) is 4.79 Å². The summed E-state index contributed by atoms with van der Waals surface area (Å²) in [7, 11) is 0. The third-order valence-electron chi connectivity index (χ3n) is 4.31. The number of carbonyl (C=O) groups excluding carboxylic acids is 1. The monoisotopic (exact) mass is 399 g/mol. The summed E-state index contributed by atoms with van der Waals surface area (Å²) in [6.07, 6.45) is -2.21. The Bertz CT molecular complexity index is 845. The van der Waals surface area contributed by atoms with Crippen LogP contribution in [0, 0.1) is 5.82 Å². The first-order valence-corrected chi connectivity index (χ1v) is 9.12. The van der Waals surface area contributed by atoms with E-state index in [4.69, 9.17) is 5.73 Å². The number of thioether (sulfide) groups is 1. The first-order valence-electron chi connectivity index (χ1n) is 8.13. The van der Waals surface area contributed by atoms with Crippen molar-refractivity contribution in [1.29, 1.82) is 0 Å². The molecular formula is C18H17F4N3OS. The summed E-state index contributed by atoms with van der Waals surface area (Å²) in [4.78, 5) is 17.1. The summed E-state index contributed by atoms with van der Waals surface area (Å²) in [5, 5.41) is 3.20. The van der Waals surface area contributed by atoms with Crippen LogP contribution in [0.15, 0.2) is 52.7 Å². The molecule has 0 saturated heterocycles. The molecule has 0 saturated carbocycles. The number of hydrogen-bond donors (Lipinski definition) is 2. The van der Waals surface area contributed by atoms with Gasteiger partial charge in [0.1, 0.15) is 11.4 Å². The first-order chi connectivity index (χ1) is 12.6. The first kappa shape index (κ1) is 19.5. The molecule has 1 aliphatic heterocycles. The molecule has 0 bridgehead atoms. The summed E-state index contributed by atoms with van der Waals surface area (Å²) < 4.78 is 52.0. The van der Waals surface area contributed by atoms with Gasteiger partial charge in [-0.05, 0) is 43.7 Å². The fourth-order valence-electron chi connectivity index (χ4n) is 2.77. The lowest BCUT2D eigenvalue weighted by molar-refractivity contribution is -0.125. The number of allylic oxidation sites excluding steroid dienone is 1. The Labute approximate surface area is 157 Å². The Hall–Kier alpha value is -2.29. The molecule has 1 aromatic rings. The molecule has 1 aromatic carbocycles. The van der Waals surface area contributed by atoms with Crippen LogP contribution in [0.1, 0.15) is 18.9 Å². The summed E-state index contributed by atoms with van der Waals surface area (Å²) in [5.74, 6) is -0.505. The number of aliphatic imine (C=N–C) groups is 1. The largest absolute Gasteiger partial charge is 0.418 e. The van der Waals surface area contributed by atoms with Gasteiger partial charge < -0.3 is 11.1 Å². The van der Waals surface area contributed by atoms with E-state index in [1.54, 1.807) is 19.1 Å². The summed E-state index contributed by atoms with van der Waals surface area (Å²) in [5.41, 5.74) is 3.69. The van der Waals surface area contributed by atoms with Gasteiger partial charge in [-0.2, -0.15) is 13.2 Å². The lowest BCUT2D eigenvalue weighted by atomic mass is 9.97. The van der Waals surface area contributed by atoms with E-state index in [0.29, 0.717) is 16.4 Å². The van der Waals surface area contributed by atoms with E-state index in [2.05, 4.69) is 10.3 Å². The van der Waals surface area contributed by atoms with Crippen molar-refractivity contribution >= 4 is 22.7 Å². The lowest BCUT2D eigenvalue weighted by Gasteiger charge is -2.26. The third kappa shape index (κ3) is 4.18. The fraction of sp³-hybridized carbons (Fsp3) is 0.333. The minimum Gasteiger partial charge on any atom is -0.399 e. The van der Waals surface area contributed by atoms with Gasteiger partial charge in [0.2, 0.25) is 5.91 Å². The second-order valence-electron chi connectivity index (χ2n) is 6.54. The topological polar surface area (TPSA) is 67.5 Å². The van der Waals surface area contributed by atoms with Gasteiger partial charge in [-0.1, -0.05) is 6.08 Å². The average Bonchev–Trinajstić information content (AvgIpc) is 3.00. The van der Waals surface area contributed by atoms with Crippen molar-refractivity contribution in [3.05, 3.63) is 59.1 Å². The molecule has 9 heteroatoms. The minimum atomic E-state index is -4.58. The zero-order valence-corrected chi connectivity index (χ0v) is 15.1. The van der Waals surface area contributed by atoms with E-state index in [1.807, 2.05) is 0 Å². The summed E-state index contributed by atoms with van der Waals surface area (Å²) in [6.45, 7) is 1.62. The molecule has 2 unspecified atom stereocenters. The molecule has 4 nitrogen and oxygen atoms in total. The molecule has 1 amide bonds. The standard InChI is InChI=1S/C18H17F4N3OS/c1-17(9-27-15(25-17)10-2-4-11(19)5-3-10)16(26)24-12-6-7-14(23)13(8-12)18(20,21)22/h2-5,7-8,12H,6,9,23H2,1H3,(H,24,26). The lowest BCUT2D eigenvalue weighted by Crippen LogP contribution is -2.48. The highest BCUT2D eigenvalue weighted by Gasteiger charge is 2.41. The Kier molecular flexibility index (Phi) is 5.07. The Morgan fingerprint density at radius 2 is 2.00 bits per heavy atom. The van der Waals surface area contributed by atoms with Crippen molar-refractivity contribution in [2.75, 3.05) is 5.75 Å². The van der Waals surface area contributed by atoms with Gasteiger partial charge in [0.25, 0.3) is 0 Å². The quantitative estimate of drug-likeness (QED) is 0.767. The molecule has 2 atom stereocenters. The van der Waals surface area contributed by atoms with Crippen molar-refractivity contribution < 1.29 is 22.4 Å². The predicted molar refractivity (Wildman–Crippen MR) is 96.8 cm³/mol. The molecule has 0 aromatic heterocycles. The SMILES string of the molecule is CC1(C(=O)NC2C=C(C(F)(F)F)C(N)=CC2)CSC(c2ccc(F)cc2)=N1. The predicted octanol–water partition coefficient (Wildman–Crippen LogP) is 3.30. The van der Waals surface area contributed by atoms with E-state index >= 15 is 0 Å². The molecule has 1 heterocycles. The number of alkyl halides is 3. The van der Waals surface area contributed by atoms with Crippen LogP contribution in [0.3, 0.4) is 0 Å². The summed E-state index contributed by atoms with van der Waals surface area (Å²) >= 11 is 1.34. The van der Waals surface area contributed by atoms with Gasteiger partial charge in [0, 0.05) is 17.0 Å². The van der Waals surface area contributed by atoms with Gasteiger partial charge in [-0.25, -0.2) is 4.39 Å². The molecule has 0 spiro atoms. The van der Waals surface area contributed by atoms with Crippen LogP contribution in [0.5, 0.6) is 0 Å². The van der Waals surface area contributed by atoms with Crippen molar-refractivity contribution in [2.24, 2.45) is 10.7 Å². The highest BCUT2D eigenvalue weighted by atomic mass is 32.2. The zero-order valence-electron chi connectivity index (χ0n) is 14.3. The Balaban J connectivity index is 1.74. The molecular weight excluding hydrogens is 382 g/mol. The van der Waals surface area contributed by atoms with E-state index in [-0.39, 0.29) is 17.9 Å². The highest BCUT2D eigenvalue weighted by molar-refractivity contribution is 8.14.